The van der Waals surface area contributed by atoms with Crippen molar-refractivity contribution in [2.45, 2.75) is 6.54 Å². The lowest BCUT2D eigenvalue weighted by molar-refractivity contribution is -0.384. The third kappa shape index (κ3) is 4.58. The Balaban J connectivity index is 1.99. The van der Waals surface area contributed by atoms with E-state index in [0.717, 1.165) is 5.56 Å². The number of methoxy groups -OCH3 is 1. The van der Waals surface area contributed by atoms with E-state index in [2.05, 4.69) is 10.6 Å². The van der Waals surface area contributed by atoms with E-state index in [1.807, 2.05) is 12.1 Å². The number of urea groups is 1. The number of halogens is 1. The van der Waals surface area contributed by atoms with Gasteiger partial charge in [0.25, 0.3) is 5.69 Å². The Morgan fingerprint density at radius 2 is 2.09 bits per heavy atom. The minimum Gasteiger partial charge on any atom is -0.497 e. The van der Waals surface area contributed by atoms with E-state index >= 15 is 0 Å². The highest BCUT2D eigenvalue weighted by Gasteiger charge is 2.12. The van der Waals surface area contributed by atoms with Crippen molar-refractivity contribution in [2.24, 2.45) is 0 Å². The van der Waals surface area contributed by atoms with E-state index in [0.29, 0.717) is 5.75 Å². The summed E-state index contributed by atoms with van der Waals surface area (Å²) in [7, 11) is 1.56. The molecule has 0 saturated heterocycles. The molecular weight excluding hydrogens is 322 g/mol. The van der Waals surface area contributed by atoms with Crippen molar-refractivity contribution in [3.63, 3.8) is 0 Å². The Morgan fingerprint density at radius 3 is 2.78 bits per heavy atom. The first-order valence-corrected chi connectivity index (χ1v) is 6.99. The molecule has 0 aliphatic heterocycles. The molecule has 0 heterocycles. The highest BCUT2D eigenvalue weighted by molar-refractivity contribution is 6.33. The number of ether oxygens (including phenoxy) is 1. The molecule has 2 amide bonds. The van der Waals surface area contributed by atoms with Gasteiger partial charge < -0.3 is 15.4 Å². The van der Waals surface area contributed by atoms with Crippen LogP contribution in [0.5, 0.6) is 5.75 Å². The Hall–Kier alpha value is -2.80. The number of benzene rings is 2. The molecule has 120 valence electrons. The molecule has 0 bridgehead atoms. The maximum atomic E-state index is 11.9. The number of nitro benzene ring substituents is 1. The van der Waals surface area contributed by atoms with Crippen LogP contribution in [0.3, 0.4) is 0 Å². The number of nitrogens with one attached hydrogen (secondary N) is 2. The maximum Gasteiger partial charge on any atom is 0.319 e. The number of amides is 2. The number of nitro groups is 1. The molecule has 23 heavy (non-hydrogen) atoms. The van der Waals surface area contributed by atoms with Gasteiger partial charge in [0.1, 0.15) is 5.75 Å². The molecule has 0 aliphatic carbocycles. The normalized spacial score (nSPS) is 10.0. The number of nitrogens with zero attached hydrogens (tertiary/aromatic N) is 1. The predicted molar refractivity (Wildman–Crippen MR) is 87.0 cm³/mol. The highest BCUT2D eigenvalue weighted by atomic mass is 35.5. The second kappa shape index (κ2) is 7.46. The summed E-state index contributed by atoms with van der Waals surface area (Å²) in [4.78, 5) is 22.1. The summed E-state index contributed by atoms with van der Waals surface area (Å²) >= 11 is 5.92. The predicted octanol–water partition coefficient (Wildman–Crippen LogP) is 3.58. The van der Waals surface area contributed by atoms with E-state index in [4.69, 9.17) is 16.3 Å². The fraction of sp³-hybridized carbons (Fsp3) is 0.133. The van der Waals surface area contributed by atoms with Crippen molar-refractivity contribution >= 4 is 29.0 Å². The number of carbonyl (C=O) groups excluding carboxylic acids is 1. The number of carbonyl (C=O) groups is 1. The van der Waals surface area contributed by atoms with Crippen molar-refractivity contribution in [1.82, 2.24) is 5.32 Å². The van der Waals surface area contributed by atoms with Gasteiger partial charge in [0.2, 0.25) is 0 Å². The first-order valence-electron chi connectivity index (χ1n) is 6.61. The van der Waals surface area contributed by atoms with Crippen LogP contribution in [-0.4, -0.2) is 18.1 Å². The van der Waals surface area contributed by atoms with Crippen LogP contribution in [0.4, 0.5) is 16.2 Å². The third-order valence-electron chi connectivity index (χ3n) is 3.00. The largest absolute Gasteiger partial charge is 0.497 e. The Kier molecular flexibility index (Phi) is 5.37. The van der Waals surface area contributed by atoms with Crippen LogP contribution in [0.25, 0.3) is 0 Å². The Morgan fingerprint density at radius 1 is 1.30 bits per heavy atom. The molecule has 0 spiro atoms. The average Bonchev–Trinajstić information content (AvgIpc) is 2.55. The van der Waals surface area contributed by atoms with Crippen LogP contribution in [0.15, 0.2) is 42.5 Å². The highest BCUT2D eigenvalue weighted by Crippen LogP contribution is 2.26. The van der Waals surface area contributed by atoms with Crippen molar-refractivity contribution in [1.29, 1.82) is 0 Å². The average molecular weight is 336 g/mol. The first kappa shape index (κ1) is 16.6. The molecular formula is C15H14ClN3O4. The van der Waals surface area contributed by atoms with Crippen molar-refractivity contribution in [2.75, 3.05) is 12.4 Å². The van der Waals surface area contributed by atoms with Gasteiger partial charge in [-0.15, -0.1) is 0 Å². The van der Waals surface area contributed by atoms with E-state index < -0.39 is 11.0 Å². The lowest BCUT2D eigenvalue weighted by Crippen LogP contribution is -2.28. The van der Waals surface area contributed by atoms with Crippen LogP contribution in [-0.2, 0) is 6.54 Å². The second-order valence-corrected chi connectivity index (χ2v) is 4.99. The molecule has 2 aromatic rings. The smallest absolute Gasteiger partial charge is 0.319 e. The minimum atomic E-state index is -0.560. The van der Waals surface area contributed by atoms with E-state index in [9.17, 15) is 14.9 Å². The quantitative estimate of drug-likeness (QED) is 0.645. The standard InChI is InChI=1S/C15H14ClN3O4/c1-23-12-4-2-3-10(7-12)9-17-15(20)18-14-8-11(19(21)22)5-6-13(14)16/h2-8H,9H2,1H3,(H2,17,18,20). The summed E-state index contributed by atoms with van der Waals surface area (Å²) in [6.45, 7) is 0.273. The number of anilines is 1. The van der Waals surface area contributed by atoms with Gasteiger partial charge in [-0.1, -0.05) is 23.7 Å². The van der Waals surface area contributed by atoms with Gasteiger partial charge in [0.15, 0.2) is 0 Å². The molecule has 8 heteroatoms. The number of hydrogen-bond acceptors (Lipinski definition) is 4. The Labute approximate surface area is 137 Å². The molecule has 0 atom stereocenters. The van der Waals surface area contributed by atoms with Gasteiger partial charge in [-0.3, -0.25) is 10.1 Å². The van der Waals surface area contributed by atoms with Crippen LogP contribution in [0.1, 0.15) is 5.56 Å². The molecule has 0 aromatic heterocycles. The van der Waals surface area contributed by atoms with Gasteiger partial charge in [-0.05, 0) is 23.8 Å². The molecule has 7 nitrogen and oxygen atoms in total. The van der Waals surface area contributed by atoms with Gasteiger partial charge in [-0.25, -0.2) is 4.79 Å². The topological polar surface area (TPSA) is 93.5 Å². The van der Waals surface area contributed by atoms with Crippen LogP contribution in [0.2, 0.25) is 5.02 Å². The number of hydrogen-bond donors (Lipinski definition) is 2. The molecule has 0 unspecified atom stereocenters. The maximum absolute atomic E-state index is 11.9. The summed E-state index contributed by atoms with van der Waals surface area (Å²) in [5.41, 5.74) is 0.867. The zero-order chi connectivity index (χ0) is 16.8. The van der Waals surface area contributed by atoms with Gasteiger partial charge >= 0.3 is 6.03 Å². The van der Waals surface area contributed by atoms with Crippen LogP contribution < -0.4 is 15.4 Å². The van der Waals surface area contributed by atoms with Crippen molar-refractivity contribution in [3.8, 4) is 5.75 Å². The van der Waals surface area contributed by atoms with E-state index in [1.165, 1.54) is 18.2 Å². The number of non-ortho nitro benzene ring substituents is 1. The fourth-order valence-corrected chi connectivity index (χ4v) is 2.02. The van der Waals surface area contributed by atoms with E-state index in [-0.39, 0.29) is 22.9 Å². The molecule has 0 saturated carbocycles. The monoisotopic (exact) mass is 335 g/mol. The second-order valence-electron chi connectivity index (χ2n) is 4.58. The lowest BCUT2D eigenvalue weighted by Gasteiger charge is -2.09. The molecule has 0 aliphatic rings. The molecule has 2 N–H and O–H groups in total. The molecule has 2 rings (SSSR count). The summed E-state index contributed by atoms with van der Waals surface area (Å²) in [5.74, 6) is 0.687. The zero-order valence-electron chi connectivity index (χ0n) is 12.2. The fourth-order valence-electron chi connectivity index (χ4n) is 1.85. The molecule has 0 fully saturated rings. The molecule has 0 radical (unpaired) electrons. The van der Waals surface area contributed by atoms with Gasteiger partial charge in [-0.2, -0.15) is 0 Å². The summed E-state index contributed by atoms with van der Waals surface area (Å²) in [6, 6.07) is 10.5. The minimum absolute atomic E-state index is 0.155. The number of rotatable bonds is 5. The van der Waals surface area contributed by atoms with Crippen molar-refractivity contribution < 1.29 is 14.5 Å². The van der Waals surface area contributed by atoms with Gasteiger partial charge in [0, 0.05) is 18.7 Å². The van der Waals surface area contributed by atoms with E-state index in [1.54, 1.807) is 19.2 Å². The summed E-state index contributed by atoms with van der Waals surface area (Å²) < 4.78 is 5.10. The van der Waals surface area contributed by atoms with Crippen LogP contribution >= 0.6 is 11.6 Å². The molecule has 2 aromatic carbocycles. The summed E-state index contributed by atoms with van der Waals surface area (Å²) in [6.07, 6.45) is 0. The first-order chi connectivity index (χ1) is 11.0. The third-order valence-corrected chi connectivity index (χ3v) is 3.33. The van der Waals surface area contributed by atoms with Gasteiger partial charge in [0.05, 0.1) is 22.7 Å². The Bertz CT molecular complexity index is 736. The lowest BCUT2D eigenvalue weighted by atomic mass is 10.2. The van der Waals surface area contributed by atoms with Crippen molar-refractivity contribution in [3.05, 3.63) is 63.2 Å². The summed E-state index contributed by atoms with van der Waals surface area (Å²) in [5, 5.41) is 16.1. The zero-order valence-corrected chi connectivity index (χ0v) is 13.0. The SMILES string of the molecule is COc1cccc(CNC(=O)Nc2cc([N+](=O)[O-])ccc2Cl)c1. The van der Waals surface area contributed by atoms with Crippen LogP contribution in [0, 0.1) is 10.1 Å².